The maximum atomic E-state index is 6.00. The maximum absolute atomic E-state index is 6.00. The van der Waals surface area contributed by atoms with E-state index < -0.39 is 0 Å². The van der Waals surface area contributed by atoms with Crippen molar-refractivity contribution < 1.29 is 4.74 Å². The van der Waals surface area contributed by atoms with E-state index in [-0.39, 0.29) is 5.92 Å². The molecule has 1 aromatic carbocycles. The molecule has 4 heteroatoms. The van der Waals surface area contributed by atoms with Crippen LogP contribution < -0.4 is 4.74 Å². The van der Waals surface area contributed by atoms with Crippen LogP contribution in [-0.2, 0) is 6.42 Å². The van der Waals surface area contributed by atoms with Crippen molar-refractivity contribution in [3.05, 3.63) is 46.9 Å². The summed E-state index contributed by atoms with van der Waals surface area (Å²) in [6.07, 6.45) is 2.22. The Hall–Kier alpha value is -1.61. The largest absolute Gasteiger partial charge is 0.439 e. The minimum Gasteiger partial charge on any atom is -0.439 e. The highest BCUT2D eigenvalue weighted by Gasteiger charge is 2.08. The van der Waals surface area contributed by atoms with Crippen LogP contribution in [0.2, 0.25) is 5.15 Å². The third kappa shape index (κ3) is 3.94. The molecule has 0 saturated carbocycles. The summed E-state index contributed by atoms with van der Waals surface area (Å²) < 4.78 is 5.75. The van der Waals surface area contributed by atoms with Gasteiger partial charge in [-0.1, -0.05) is 50.9 Å². The molecule has 0 aliphatic rings. The van der Waals surface area contributed by atoms with E-state index in [2.05, 4.69) is 29.0 Å². The van der Waals surface area contributed by atoms with Crippen LogP contribution in [0.5, 0.6) is 11.6 Å². The molecule has 0 amide bonds. The van der Waals surface area contributed by atoms with Gasteiger partial charge in [0.2, 0.25) is 5.88 Å². The molecule has 0 unspecified atom stereocenters. The number of aryl methyl sites for hydroxylation is 1. The predicted molar refractivity (Wildman–Crippen MR) is 81.6 cm³/mol. The quantitative estimate of drug-likeness (QED) is 0.727. The average Bonchev–Trinajstić information content (AvgIpc) is 2.40. The van der Waals surface area contributed by atoms with Crippen molar-refractivity contribution in [3.63, 3.8) is 0 Å². The number of hydrogen-bond acceptors (Lipinski definition) is 3. The van der Waals surface area contributed by atoms with Crippen molar-refractivity contribution in [3.8, 4) is 11.6 Å². The van der Waals surface area contributed by atoms with Gasteiger partial charge in [0.15, 0.2) is 0 Å². The standard InChI is InChI=1S/C16H19ClN2O/c1-4-5-12-6-8-13(9-7-12)20-15-10-14(17)18-16(19-15)11(2)3/h6-11H,4-5H2,1-3H3. The van der Waals surface area contributed by atoms with Gasteiger partial charge in [0, 0.05) is 12.0 Å². The summed E-state index contributed by atoms with van der Waals surface area (Å²) in [5.74, 6) is 2.14. The molecule has 0 radical (unpaired) electrons. The zero-order valence-corrected chi connectivity index (χ0v) is 12.8. The predicted octanol–water partition coefficient (Wildman–Crippen LogP) is 5.00. The van der Waals surface area contributed by atoms with Crippen molar-refractivity contribution in [2.75, 3.05) is 0 Å². The van der Waals surface area contributed by atoms with Gasteiger partial charge in [-0.25, -0.2) is 4.98 Å². The van der Waals surface area contributed by atoms with Crippen LogP contribution in [0.15, 0.2) is 30.3 Å². The topological polar surface area (TPSA) is 35.0 Å². The Kier molecular flexibility index (Phi) is 4.96. The fraction of sp³-hybridized carbons (Fsp3) is 0.375. The molecular weight excluding hydrogens is 272 g/mol. The number of nitrogens with zero attached hydrogens (tertiary/aromatic N) is 2. The highest BCUT2D eigenvalue weighted by Crippen LogP contribution is 2.24. The Bertz CT molecular complexity index is 567. The van der Waals surface area contributed by atoms with Crippen LogP contribution >= 0.6 is 11.6 Å². The third-order valence-corrected chi connectivity index (χ3v) is 3.08. The van der Waals surface area contributed by atoms with E-state index in [9.17, 15) is 0 Å². The molecule has 2 rings (SSSR count). The molecule has 0 spiro atoms. The molecule has 0 fully saturated rings. The van der Waals surface area contributed by atoms with Crippen molar-refractivity contribution >= 4 is 11.6 Å². The maximum Gasteiger partial charge on any atom is 0.224 e. The van der Waals surface area contributed by atoms with Crippen molar-refractivity contribution in [1.29, 1.82) is 0 Å². The summed E-state index contributed by atoms with van der Waals surface area (Å²) in [4.78, 5) is 8.56. The second-order valence-electron chi connectivity index (χ2n) is 5.04. The number of ether oxygens (including phenoxy) is 1. The highest BCUT2D eigenvalue weighted by atomic mass is 35.5. The van der Waals surface area contributed by atoms with Gasteiger partial charge in [0.25, 0.3) is 0 Å². The minimum atomic E-state index is 0.211. The first-order valence-electron chi connectivity index (χ1n) is 6.89. The van der Waals surface area contributed by atoms with E-state index in [4.69, 9.17) is 16.3 Å². The fourth-order valence-corrected chi connectivity index (χ4v) is 2.04. The van der Waals surface area contributed by atoms with Crippen LogP contribution in [0.3, 0.4) is 0 Å². The van der Waals surface area contributed by atoms with Crippen LogP contribution in [0.25, 0.3) is 0 Å². The Morgan fingerprint density at radius 2 is 1.85 bits per heavy atom. The summed E-state index contributed by atoms with van der Waals surface area (Å²) in [6.45, 7) is 6.21. The van der Waals surface area contributed by atoms with E-state index in [0.29, 0.717) is 16.9 Å². The Morgan fingerprint density at radius 3 is 2.45 bits per heavy atom. The van der Waals surface area contributed by atoms with Crippen molar-refractivity contribution in [2.24, 2.45) is 0 Å². The first kappa shape index (κ1) is 14.8. The third-order valence-electron chi connectivity index (χ3n) is 2.89. The lowest BCUT2D eigenvalue weighted by molar-refractivity contribution is 0.456. The SMILES string of the molecule is CCCc1ccc(Oc2cc(Cl)nc(C(C)C)n2)cc1. The normalized spacial score (nSPS) is 10.8. The smallest absolute Gasteiger partial charge is 0.224 e. The van der Waals surface area contributed by atoms with Crippen LogP contribution in [0.1, 0.15) is 44.5 Å². The Balaban J connectivity index is 2.16. The summed E-state index contributed by atoms with van der Waals surface area (Å²) in [6, 6.07) is 9.69. The van der Waals surface area contributed by atoms with Crippen LogP contribution in [0, 0.1) is 0 Å². The van der Waals surface area contributed by atoms with Gasteiger partial charge in [-0.05, 0) is 24.1 Å². The molecule has 3 nitrogen and oxygen atoms in total. The summed E-state index contributed by atoms with van der Waals surface area (Å²) in [7, 11) is 0. The number of benzene rings is 1. The Labute approximate surface area is 125 Å². The highest BCUT2D eigenvalue weighted by molar-refractivity contribution is 6.29. The van der Waals surface area contributed by atoms with E-state index >= 15 is 0 Å². The van der Waals surface area contributed by atoms with Crippen LogP contribution in [-0.4, -0.2) is 9.97 Å². The number of aromatic nitrogens is 2. The average molecular weight is 291 g/mol. The van der Waals surface area contributed by atoms with Crippen molar-refractivity contribution in [1.82, 2.24) is 9.97 Å². The summed E-state index contributed by atoms with van der Waals surface area (Å²) in [5, 5.41) is 0.404. The van der Waals surface area contributed by atoms with Gasteiger partial charge in [-0.15, -0.1) is 0 Å². The molecule has 1 heterocycles. The van der Waals surface area contributed by atoms with Crippen LogP contribution in [0.4, 0.5) is 0 Å². The van der Waals surface area contributed by atoms with Gasteiger partial charge in [-0.3, -0.25) is 0 Å². The van der Waals surface area contributed by atoms with Crippen molar-refractivity contribution in [2.45, 2.75) is 39.5 Å². The van der Waals surface area contributed by atoms with E-state index in [1.807, 2.05) is 26.0 Å². The zero-order chi connectivity index (χ0) is 14.5. The molecular formula is C16H19ClN2O. The van der Waals surface area contributed by atoms with Gasteiger partial charge < -0.3 is 4.74 Å². The second-order valence-corrected chi connectivity index (χ2v) is 5.43. The molecule has 20 heavy (non-hydrogen) atoms. The monoisotopic (exact) mass is 290 g/mol. The number of rotatable bonds is 5. The lowest BCUT2D eigenvalue weighted by Gasteiger charge is -2.09. The molecule has 1 aromatic heterocycles. The molecule has 2 aromatic rings. The molecule has 0 atom stereocenters. The second kappa shape index (κ2) is 6.71. The number of hydrogen-bond donors (Lipinski definition) is 0. The number of halogens is 1. The summed E-state index contributed by atoms with van der Waals surface area (Å²) >= 11 is 6.00. The van der Waals surface area contributed by atoms with E-state index in [0.717, 1.165) is 18.6 Å². The first-order chi connectivity index (χ1) is 9.58. The van der Waals surface area contributed by atoms with E-state index in [1.165, 1.54) is 5.56 Å². The summed E-state index contributed by atoms with van der Waals surface area (Å²) in [5.41, 5.74) is 1.31. The fourth-order valence-electron chi connectivity index (χ4n) is 1.86. The first-order valence-corrected chi connectivity index (χ1v) is 7.27. The lowest BCUT2D eigenvalue weighted by Crippen LogP contribution is -1.99. The molecule has 0 aliphatic heterocycles. The molecule has 0 N–H and O–H groups in total. The zero-order valence-electron chi connectivity index (χ0n) is 12.1. The van der Waals surface area contributed by atoms with Gasteiger partial charge in [-0.2, -0.15) is 4.98 Å². The van der Waals surface area contributed by atoms with Gasteiger partial charge >= 0.3 is 0 Å². The van der Waals surface area contributed by atoms with Gasteiger partial charge in [0.05, 0.1) is 0 Å². The van der Waals surface area contributed by atoms with E-state index in [1.54, 1.807) is 6.07 Å². The minimum absolute atomic E-state index is 0.211. The molecule has 106 valence electrons. The molecule has 0 bridgehead atoms. The molecule has 0 aliphatic carbocycles. The lowest BCUT2D eigenvalue weighted by atomic mass is 10.1. The molecule has 0 saturated heterocycles. The van der Waals surface area contributed by atoms with Gasteiger partial charge in [0.1, 0.15) is 16.7 Å². The Morgan fingerprint density at radius 1 is 1.15 bits per heavy atom.